The van der Waals surface area contributed by atoms with Crippen LogP contribution in [0.15, 0.2) is 34.5 Å². The maximum absolute atomic E-state index is 12.2. The van der Waals surface area contributed by atoms with E-state index in [1.54, 1.807) is 17.9 Å². The Hall–Kier alpha value is -2.61. The number of aryl methyl sites for hydroxylation is 1. The number of carbonyl (C=O) groups excluding carboxylic acids is 1. The minimum atomic E-state index is -0.0184. The molecule has 1 aliphatic carbocycles. The van der Waals surface area contributed by atoms with Gasteiger partial charge in [-0.2, -0.15) is 0 Å². The average Bonchev–Trinajstić information content (AvgIpc) is 3.37. The van der Waals surface area contributed by atoms with E-state index in [1.807, 2.05) is 19.1 Å². The van der Waals surface area contributed by atoms with E-state index in [2.05, 4.69) is 25.5 Å². The first kappa shape index (κ1) is 17.8. The number of hydrogen-bond acceptors (Lipinski definition) is 7. The molecule has 3 heterocycles. The molecule has 1 amide bonds. The zero-order chi connectivity index (χ0) is 18.6. The number of carbonyl (C=O) groups is 1. The van der Waals surface area contributed by atoms with Gasteiger partial charge in [0.2, 0.25) is 11.8 Å². The zero-order valence-electron chi connectivity index (χ0n) is 15.1. The van der Waals surface area contributed by atoms with Gasteiger partial charge in [-0.3, -0.25) is 9.78 Å². The summed E-state index contributed by atoms with van der Waals surface area (Å²) in [5.74, 6) is 1.98. The molecule has 1 saturated carbocycles. The molecule has 1 aliphatic rings. The lowest BCUT2D eigenvalue weighted by Crippen LogP contribution is -2.31. The third-order valence-corrected chi connectivity index (χ3v) is 5.98. The number of nitrogens with zero attached hydrogens (tertiary/aromatic N) is 4. The van der Waals surface area contributed by atoms with Crippen molar-refractivity contribution in [1.29, 1.82) is 0 Å². The van der Waals surface area contributed by atoms with Crippen LogP contribution in [-0.4, -0.2) is 32.6 Å². The second kappa shape index (κ2) is 7.96. The van der Waals surface area contributed by atoms with E-state index in [4.69, 9.17) is 4.42 Å². The van der Waals surface area contributed by atoms with Crippen LogP contribution in [0.3, 0.4) is 0 Å². The van der Waals surface area contributed by atoms with Crippen molar-refractivity contribution in [3.05, 3.63) is 46.5 Å². The number of hydrogen-bond donors (Lipinski definition) is 1. The number of nitrogens with one attached hydrogen (secondary N) is 1. The number of amides is 1. The molecule has 8 heteroatoms. The number of thiazole rings is 1. The lowest BCUT2D eigenvalue weighted by atomic mass is 9.82. The van der Waals surface area contributed by atoms with Crippen LogP contribution in [0, 0.1) is 12.8 Å². The van der Waals surface area contributed by atoms with E-state index in [-0.39, 0.29) is 5.91 Å². The van der Waals surface area contributed by atoms with Crippen LogP contribution in [0.1, 0.15) is 52.9 Å². The van der Waals surface area contributed by atoms with Crippen molar-refractivity contribution in [3.8, 4) is 11.5 Å². The van der Waals surface area contributed by atoms with Crippen LogP contribution in [0.4, 0.5) is 0 Å². The predicted octanol–water partition coefficient (Wildman–Crippen LogP) is 3.60. The summed E-state index contributed by atoms with van der Waals surface area (Å²) in [5, 5.41) is 11.4. The second-order valence-electron chi connectivity index (χ2n) is 6.88. The summed E-state index contributed by atoms with van der Waals surface area (Å²) >= 11 is 1.39. The fourth-order valence-corrected chi connectivity index (χ4v) is 4.17. The topological polar surface area (TPSA) is 93.8 Å². The molecule has 140 valence electrons. The molecule has 0 unspecified atom stereocenters. The normalized spacial score (nSPS) is 19.7. The van der Waals surface area contributed by atoms with Gasteiger partial charge in [-0.15, -0.1) is 21.5 Å². The van der Waals surface area contributed by atoms with Gasteiger partial charge in [-0.25, -0.2) is 4.98 Å². The highest BCUT2D eigenvalue weighted by molar-refractivity contribution is 7.11. The first-order valence-electron chi connectivity index (χ1n) is 9.13. The van der Waals surface area contributed by atoms with Crippen LogP contribution in [0.5, 0.6) is 0 Å². The predicted molar refractivity (Wildman–Crippen MR) is 101 cm³/mol. The lowest BCUT2D eigenvalue weighted by molar-refractivity contribution is 0.0945. The molecule has 7 nitrogen and oxygen atoms in total. The van der Waals surface area contributed by atoms with Crippen molar-refractivity contribution >= 4 is 17.2 Å². The molecule has 4 rings (SSSR count). The number of rotatable bonds is 5. The lowest BCUT2D eigenvalue weighted by Gasteiger charge is -2.26. The van der Waals surface area contributed by atoms with Gasteiger partial charge in [0.15, 0.2) is 0 Å². The van der Waals surface area contributed by atoms with E-state index in [0.717, 1.165) is 36.9 Å². The van der Waals surface area contributed by atoms with Crippen LogP contribution < -0.4 is 5.32 Å². The quantitative estimate of drug-likeness (QED) is 0.723. The van der Waals surface area contributed by atoms with E-state index >= 15 is 0 Å². The highest BCUT2D eigenvalue weighted by atomic mass is 32.1. The Morgan fingerprint density at radius 2 is 2.15 bits per heavy atom. The van der Waals surface area contributed by atoms with Crippen molar-refractivity contribution in [2.24, 2.45) is 5.92 Å². The smallest absolute Gasteiger partial charge is 0.263 e. The van der Waals surface area contributed by atoms with Crippen molar-refractivity contribution in [2.45, 2.75) is 38.5 Å². The van der Waals surface area contributed by atoms with Crippen molar-refractivity contribution < 1.29 is 9.21 Å². The molecule has 3 aromatic rings. The Morgan fingerprint density at radius 1 is 1.30 bits per heavy atom. The minimum absolute atomic E-state index is 0.0184. The van der Waals surface area contributed by atoms with Crippen LogP contribution in [0.25, 0.3) is 11.5 Å². The van der Waals surface area contributed by atoms with Gasteiger partial charge in [0.05, 0.1) is 16.8 Å². The fourth-order valence-electron chi connectivity index (χ4n) is 3.46. The molecule has 1 N–H and O–H groups in total. The molecule has 0 atom stereocenters. The van der Waals surface area contributed by atoms with Gasteiger partial charge in [0.1, 0.15) is 4.88 Å². The van der Waals surface area contributed by atoms with Gasteiger partial charge < -0.3 is 9.73 Å². The van der Waals surface area contributed by atoms with Gasteiger partial charge in [0, 0.05) is 24.9 Å². The Labute approximate surface area is 161 Å². The number of aromatic nitrogens is 4. The monoisotopic (exact) mass is 383 g/mol. The van der Waals surface area contributed by atoms with Crippen molar-refractivity contribution in [3.63, 3.8) is 0 Å². The maximum atomic E-state index is 12.2. The van der Waals surface area contributed by atoms with Gasteiger partial charge in [-0.1, -0.05) is 0 Å². The molecule has 1 fully saturated rings. The molecule has 3 aromatic heterocycles. The van der Waals surface area contributed by atoms with E-state index in [9.17, 15) is 4.79 Å². The highest BCUT2D eigenvalue weighted by Gasteiger charge is 2.27. The van der Waals surface area contributed by atoms with Crippen LogP contribution in [0.2, 0.25) is 0 Å². The third kappa shape index (κ3) is 4.05. The molecule has 0 bridgehead atoms. The summed E-state index contributed by atoms with van der Waals surface area (Å²) in [6.07, 6.45) is 7.51. The largest absolute Gasteiger partial charge is 0.420 e. The van der Waals surface area contributed by atoms with E-state index < -0.39 is 0 Å². The number of pyridine rings is 1. The molecule has 0 radical (unpaired) electrons. The minimum Gasteiger partial charge on any atom is -0.420 e. The van der Waals surface area contributed by atoms with Crippen molar-refractivity contribution in [1.82, 2.24) is 25.5 Å². The van der Waals surface area contributed by atoms with Gasteiger partial charge in [-0.05, 0) is 50.7 Å². The van der Waals surface area contributed by atoms with Gasteiger partial charge in [0.25, 0.3) is 5.91 Å². The van der Waals surface area contributed by atoms with E-state index in [1.165, 1.54) is 11.3 Å². The standard InChI is InChI=1S/C19H21N5O2S/c1-12-16(27-11-22-12)17(25)21-9-13-4-6-14(7-5-13)18-23-24-19(26-18)15-3-2-8-20-10-15/h2-3,8,10-11,13-14H,4-7,9H2,1H3,(H,21,25). The Bertz CT molecular complexity index is 900. The SMILES string of the molecule is Cc1ncsc1C(=O)NCC1CCC(c2nnc(-c3cccnc3)o2)CC1. The summed E-state index contributed by atoms with van der Waals surface area (Å²) in [4.78, 5) is 21.1. The Kier molecular flexibility index (Phi) is 5.24. The second-order valence-corrected chi connectivity index (χ2v) is 7.74. The summed E-state index contributed by atoms with van der Waals surface area (Å²) in [7, 11) is 0. The molecule has 0 saturated heterocycles. The summed E-state index contributed by atoms with van der Waals surface area (Å²) < 4.78 is 5.87. The molecule has 0 spiro atoms. The fraction of sp³-hybridized carbons (Fsp3) is 0.421. The molecular weight excluding hydrogens is 362 g/mol. The molecule has 0 aliphatic heterocycles. The summed E-state index contributed by atoms with van der Waals surface area (Å²) in [5.41, 5.74) is 3.34. The molecule has 0 aromatic carbocycles. The first-order valence-corrected chi connectivity index (χ1v) is 10.0. The third-order valence-electron chi connectivity index (χ3n) is 5.05. The zero-order valence-corrected chi connectivity index (χ0v) is 15.9. The Balaban J connectivity index is 1.29. The van der Waals surface area contributed by atoms with Gasteiger partial charge >= 0.3 is 0 Å². The summed E-state index contributed by atoms with van der Waals surface area (Å²) in [6.45, 7) is 2.56. The Morgan fingerprint density at radius 3 is 2.85 bits per heavy atom. The average molecular weight is 383 g/mol. The van der Waals surface area contributed by atoms with Crippen LogP contribution >= 0.6 is 11.3 Å². The summed E-state index contributed by atoms with van der Waals surface area (Å²) in [6, 6.07) is 3.77. The first-order chi connectivity index (χ1) is 13.2. The highest BCUT2D eigenvalue weighted by Crippen LogP contribution is 2.35. The van der Waals surface area contributed by atoms with Crippen molar-refractivity contribution in [2.75, 3.05) is 6.54 Å². The molecule has 27 heavy (non-hydrogen) atoms. The maximum Gasteiger partial charge on any atom is 0.263 e. The van der Waals surface area contributed by atoms with Crippen LogP contribution in [-0.2, 0) is 0 Å². The van der Waals surface area contributed by atoms with E-state index in [0.29, 0.717) is 35.0 Å². The molecular formula is C19H21N5O2S.